The van der Waals surface area contributed by atoms with Gasteiger partial charge < -0.3 is 13.9 Å². The van der Waals surface area contributed by atoms with Crippen LogP contribution >= 0.6 is 0 Å². The number of aryl methyl sites for hydroxylation is 1. The predicted octanol–water partition coefficient (Wildman–Crippen LogP) is 3.82. The Kier molecular flexibility index (Phi) is 2.29. The smallest absolute Gasteiger partial charge is 0.172 e. The lowest BCUT2D eigenvalue weighted by molar-refractivity contribution is -0.163. The molecule has 0 amide bonds. The van der Waals surface area contributed by atoms with Crippen molar-refractivity contribution in [2.45, 2.75) is 25.0 Å². The molecule has 1 aliphatic heterocycles. The van der Waals surface area contributed by atoms with Gasteiger partial charge in [-0.25, -0.2) is 0 Å². The molecular weight excluding hydrogens is 264 g/mol. The molecule has 1 saturated heterocycles. The standard InChI is InChI=1S/C18H16O3/c1-2-4-16-14(3-1)15-6-5-12-11-18(19-9-10-20-18)8-7-13(12)17(15)21-16/h1-6H,7-11H2. The van der Waals surface area contributed by atoms with Gasteiger partial charge in [0.2, 0.25) is 0 Å². The molecule has 2 aliphatic rings. The number of rotatable bonds is 0. The zero-order valence-electron chi connectivity index (χ0n) is 11.7. The Morgan fingerprint density at radius 3 is 2.67 bits per heavy atom. The third-order valence-electron chi connectivity index (χ3n) is 4.78. The monoisotopic (exact) mass is 280 g/mol. The minimum absolute atomic E-state index is 0.382. The van der Waals surface area contributed by atoms with Gasteiger partial charge in [-0.1, -0.05) is 30.3 Å². The average Bonchev–Trinajstić information content (AvgIpc) is 3.11. The molecule has 1 aliphatic carbocycles. The van der Waals surface area contributed by atoms with Crippen LogP contribution in [0.15, 0.2) is 40.8 Å². The number of para-hydroxylation sites is 1. The van der Waals surface area contributed by atoms with Crippen LogP contribution in [0.4, 0.5) is 0 Å². The topological polar surface area (TPSA) is 31.6 Å². The summed E-state index contributed by atoms with van der Waals surface area (Å²) in [6.45, 7) is 1.42. The van der Waals surface area contributed by atoms with Gasteiger partial charge in [-0.3, -0.25) is 0 Å². The number of hydrogen-bond donors (Lipinski definition) is 0. The Hall–Kier alpha value is -1.84. The lowest BCUT2D eigenvalue weighted by Gasteiger charge is -2.32. The van der Waals surface area contributed by atoms with Crippen molar-refractivity contribution < 1.29 is 13.9 Å². The maximum Gasteiger partial charge on any atom is 0.172 e. The average molecular weight is 280 g/mol. The van der Waals surface area contributed by atoms with E-state index in [0.717, 1.165) is 30.4 Å². The fourth-order valence-electron chi connectivity index (χ4n) is 3.76. The fraction of sp³-hybridized carbons (Fsp3) is 0.333. The van der Waals surface area contributed by atoms with Crippen LogP contribution < -0.4 is 0 Å². The number of ether oxygens (including phenoxy) is 2. The van der Waals surface area contributed by atoms with E-state index >= 15 is 0 Å². The van der Waals surface area contributed by atoms with Crippen molar-refractivity contribution in [2.75, 3.05) is 13.2 Å². The SMILES string of the molecule is c1ccc2c(c1)oc1c3c(ccc12)CC1(CC3)OCCO1. The lowest BCUT2D eigenvalue weighted by Crippen LogP contribution is -2.36. The van der Waals surface area contributed by atoms with Crippen molar-refractivity contribution in [3.63, 3.8) is 0 Å². The lowest BCUT2D eigenvalue weighted by atomic mass is 9.86. The Bertz CT molecular complexity index is 840. The van der Waals surface area contributed by atoms with Gasteiger partial charge >= 0.3 is 0 Å². The molecule has 1 aromatic heterocycles. The predicted molar refractivity (Wildman–Crippen MR) is 80.4 cm³/mol. The van der Waals surface area contributed by atoms with Crippen LogP contribution in [0.5, 0.6) is 0 Å². The molecule has 0 bridgehead atoms. The van der Waals surface area contributed by atoms with Crippen molar-refractivity contribution in [3.05, 3.63) is 47.5 Å². The third-order valence-corrected chi connectivity index (χ3v) is 4.78. The molecule has 2 aromatic carbocycles. The van der Waals surface area contributed by atoms with Crippen LogP contribution in [0.3, 0.4) is 0 Å². The summed E-state index contributed by atoms with van der Waals surface area (Å²) in [6, 6.07) is 12.6. The molecule has 3 nitrogen and oxygen atoms in total. The van der Waals surface area contributed by atoms with Crippen LogP contribution in [0.25, 0.3) is 21.9 Å². The number of fused-ring (bicyclic) bond motifs is 5. The van der Waals surface area contributed by atoms with Gasteiger partial charge in [-0.15, -0.1) is 0 Å². The van der Waals surface area contributed by atoms with Gasteiger partial charge in [-0.2, -0.15) is 0 Å². The largest absolute Gasteiger partial charge is 0.456 e. The minimum Gasteiger partial charge on any atom is -0.456 e. The Morgan fingerprint density at radius 1 is 0.905 bits per heavy atom. The second kappa shape index (κ2) is 4.09. The number of benzene rings is 2. The van der Waals surface area contributed by atoms with E-state index < -0.39 is 0 Å². The summed E-state index contributed by atoms with van der Waals surface area (Å²) in [4.78, 5) is 0. The quantitative estimate of drug-likeness (QED) is 0.627. The summed E-state index contributed by atoms with van der Waals surface area (Å²) in [5.74, 6) is -0.382. The summed E-state index contributed by atoms with van der Waals surface area (Å²) < 4.78 is 17.8. The first-order chi connectivity index (χ1) is 10.3. The summed E-state index contributed by atoms with van der Waals surface area (Å²) in [7, 11) is 0. The van der Waals surface area contributed by atoms with E-state index in [4.69, 9.17) is 13.9 Å². The van der Waals surface area contributed by atoms with E-state index in [1.54, 1.807) is 0 Å². The highest BCUT2D eigenvalue weighted by atomic mass is 16.7. The van der Waals surface area contributed by atoms with Crippen LogP contribution in [0.2, 0.25) is 0 Å². The van der Waals surface area contributed by atoms with E-state index in [1.165, 1.54) is 21.9 Å². The van der Waals surface area contributed by atoms with E-state index in [-0.39, 0.29) is 5.79 Å². The Morgan fingerprint density at radius 2 is 1.76 bits per heavy atom. The molecule has 3 heteroatoms. The maximum absolute atomic E-state index is 6.12. The highest BCUT2D eigenvalue weighted by Gasteiger charge is 2.40. The molecule has 2 heterocycles. The molecule has 5 rings (SSSR count). The molecule has 106 valence electrons. The van der Waals surface area contributed by atoms with Crippen LogP contribution in [0, 0.1) is 0 Å². The molecule has 1 fully saturated rings. The highest BCUT2D eigenvalue weighted by molar-refractivity contribution is 6.06. The van der Waals surface area contributed by atoms with Gasteiger partial charge in [-0.05, 0) is 23.6 Å². The molecule has 0 unspecified atom stereocenters. The van der Waals surface area contributed by atoms with E-state index in [1.807, 2.05) is 12.1 Å². The number of furan rings is 1. The highest BCUT2D eigenvalue weighted by Crippen LogP contribution is 2.40. The molecule has 3 aromatic rings. The van der Waals surface area contributed by atoms with Crippen molar-refractivity contribution in [3.8, 4) is 0 Å². The van der Waals surface area contributed by atoms with E-state index in [2.05, 4.69) is 24.3 Å². The zero-order valence-corrected chi connectivity index (χ0v) is 11.7. The molecule has 0 atom stereocenters. The second-order valence-corrected chi connectivity index (χ2v) is 5.96. The van der Waals surface area contributed by atoms with Gasteiger partial charge in [0.25, 0.3) is 0 Å². The molecule has 1 spiro atoms. The Labute approximate surface area is 122 Å². The Balaban J connectivity index is 1.72. The normalized spacial score (nSPS) is 20.4. The number of hydrogen-bond acceptors (Lipinski definition) is 3. The summed E-state index contributed by atoms with van der Waals surface area (Å²) >= 11 is 0. The zero-order chi connectivity index (χ0) is 13.9. The van der Waals surface area contributed by atoms with Crippen molar-refractivity contribution in [1.82, 2.24) is 0 Å². The first-order valence-corrected chi connectivity index (χ1v) is 7.55. The van der Waals surface area contributed by atoms with Crippen molar-refractivity contribution >= 4 is 21.9 Å². The fourth-order valence-corrected chi connectivity index (χ4v) is 3.76. The first-order valence-electron chi connectivity index (χ1n) is 7.55. The first kappa shape index (κ1) is 11.8. The van der Waals surface area contributed by atoms with Crippen LogP contribution in [-0.4, -0.2) is 19.0 Å². The summed E-state index contributed by atoms with van der Waals surface area (Å²) in [5, 5.41) is 2.41. The second-order valence-electron chi connectivity index (χ2n) is 5.96. The van der Waals surface area contributed by atoms with E-state index in [0.29, 0.717) is 13.2 Å². The van der Waals surface area contributed by atoms with Crippen molar-refractivity contribution in [1.29, 1.82) is 0 Å². The van der Waals surface area contributed by atoms with Crippen LogP contribution in [-0.2, 0) is 22.3 Å². The molecular formula is C18H16O3. The maximum atomic E-state index is 6.12. The van der Waals surface area contributed by atoms with E-state index in [9.17, 15) is 0 Å². The van der Waals surface area contributed by atoms with Gasteiger partial charge in [0.05, 0.1) is 13.2 Å². The van der Waals surface area contributed by atoms with Gasteiger partial charge in [0.15, 0.2) is 5.79 Å². The molecule has 21 heavy (non-hydrogen) atoms. The van der Waals surface area contributed by atoms with Gasteiger partial charge in [0.1, 0.15) is 11.2 Å². The van der Waals surface area contributed by atoms with Crippen molar-refractivity contribution in [2.24, 2.45) is 0 Å². The molecule has 0 radical (unpaired) electrons. The summed E-state index contributed by atoms with van der Waals surface area (Å²) in [6.07, 6.45) is 2.69. The summed E-state index contributed by atoms with van der Waals surface area (Å²) in [5.41, 5.74) is 4.64. The minimum atomic E-state index is -0.382. The van der Waals surface area contributed by atoms with Gasteiger partial charge in [0, 0.05) is 23.6 Å². The molecule has 0 N–H and O–H groups in total. The third kappa shape index (κ3) is 1.62. The van der Waals surface area contributed by atoms with Crippen LogP contribution in [0.1, 0.15) is 17.5 Å². The molecule has 0 saturated carbocycles.